The highest BCUT2D eigenvalue weighted by atomic mass is 16.5. The Morgan fingerprint density at radius 1 is 1.06 bits per heavy atom. The SMILES string of the molecule is CNCC(C)(C)COCC(C)(C)CC(=O)NC. The first kappa shape index (κ1) is 16.4. The topological polar surface area (TPSA) is 50.4 Å². The van der Waals surface area contributed by atoms with Gasteiger partial charge in [0.25, 0.3) is 0 Å². The van der Waals surface area contributed by atoms with Gasteiger partial charge in [0.05, 0.1) is 13.2 Å². The van der Waals surface area contributed by atoms with E-state index < -0.39 is 0 Å². The molecule has 2 N–H and O–H groups in total. The number of nitrogens with one attached hydrogen (secondary N) is 2. The highest BCUT2D eigenvalue weighted by molar-refractivity contribution is 5.76. The molecule has 0 radical (unpaired) electrons. The maximum absolute atomic E-state index is 11.3. The quantitative estimate of drug-likeness (QED) is 0.679. The van der Waals surface area contributed by atoms with Crippen molar-refractivity contribution >= 4 is 5.91 Å². The van der Waals surface area contributed by atoms with Gasteiger partial charge in [0.1, 0.15) is 0 Å². The molecule has 4 heteroatoms. The second-order valence-electron chi connectivity index (χ2n) is 6.20. The minimum atomic E-state index is -0.115. The van der Waals surface area contributed by atoms with Crippen LogP contribution in [0, 0.1) is 10.8 Å². The largest absolute Gasteiger partial charge is 0.380 e. The Balaban J connectivity index is 3.98. The third kappa shape index (κ3) is 8.16. The van der Waals surface area contributed by atoms with Gasteiger partial charge in [-0.05, 0) is 12.5 Å². The van der Waals surface area contributed by atoms with Crippen molar-refractivity contribution in [1.29, 1.82) is 0 Å². The lowest BCUT2D eigenvalue weighted by Crippen LogP contribution is -2.34. The molecule has 0 aromatic heterocycles. The average Bonchev–Trinajstić information content (AvgIpc) is 2.15. The Morgan fingerprint density at radius 2 is 1.59 bits per heavy atom. The molecule has 0 aliphatic carbocycles. The van der Waals surface area contributed by atoms with Crippen LogP contribution in [0.3, 0.4) is 0 Å². The number of amides is 1. The van der Waals surface area contributed by atoms with Crippen molar-refractivity contribution in [3.05, 3.63) is 0 Å². The summed E-state index contributed by atoms with van der Waals surface area (Å²) in [5.74, 6) is 0.0630. The second-order valence-corrected chi connectivity index (χ2v) is 6.20. The molecule has 0 aliphatic heterocycles. The summed E-state index contributed by atoms with van der Waals surface area (Å²) in [6, 6.07) is 0. The Bertz CT molecular complexity index is 238. The zero-order valence-electron chi connectivity index (χ0n) is 12.1. The summed E-state index contributed by atoms with van der Waals surface area (Å²) >= 11 is 0. The van der Waals surface area contributed by atoms with Crippen LogP contribution in [0.5, 0.6) is 0 Å². The van der Waals surface area contributed by atoms with Gasteiger partial charge in [-0.25, -0.2) is 0 Å². The second kappa shape index (κ2) is 6.97. The van der Waals surface area contributed by atoms with Crippen LogP contribution < -0.4 is 10.6 Å². The number of hydrogen-bond acceptors (Lipinski definition) is 3. The van der Waals surface area contributed by atoms with E-state index in [0.717, 1.165) is 6.54 Å². The van der Waals surface area contributed by atoms with Crippen LogP contribution >= 0.6 is 0 Å². The molecule has 17 heavy (non-hydrogen) atoms. The van der Waals surface area contributed by atoms with Crippen molar-refractivity contribution in [2.75, 3.05) is 33.9 Å². The Kier molecular flexibility index (Phi) is 6.72. The first-order valence-electron chi connectivity index (χ1n) is 6.15. The fraction of sp³-hybridized carbons (Fsp3) is 0.923. The number of hydrogen-bond donors (Lipinski definition) is 2. The number of rotatable bonds is 8. The molecule has 4 nitrogen and oxygen atoms in total. The van der Waals surface area contributed by atoms with E-state index in [0.29, 0.717) is 19.6 Å². The van der Waals surface area contributed by atoms with E-state index in [9.17, 15) is 4.79 Å². The third-order valence-corrected chi connectivity index (χ3v) is 2.56. The summed E-state index contributed by atoms with van der Waals surface area (Å²) in [4.78, 5) is 11.3. The number of ether oxygens (including phenoxy) is 1. The van der Waals surface area contributed by atoms with Crippen LogP contribution in [0.1, 0.15) is 34.1 Å². The summed E-state index contributed by atoms with van der Waals surface area (Å²) < 4.78 is 5.74. The number of carbonyl (C=O) groups excluding carboxylic acids is 1. The molecule has 1 amide bonds. The fourth-order valence-corrected chi connectivity index (χ4v) is 1.71. The molecule has 0 unspecified atom stereocenters. The summed E-state index contributed by atoms with van der Waals surface area (Å²) in [5, 5.41) is 5.80. The molecule has 0 saturated heterocycles. The minimum Gasteiger partial charge on any atom is -0.380 e. The summed E-state index contributed by atoms with van der Waals surface area (Å²) in [6.45, 7) is 10.6. The fourth-order valence-electron chi connectivity index (χ4n) is 1.71. The van der Waals surface area contributed by atoms with Crippen molar-refractivity contribution in [2.24, 2.45) is 10.8 Å². The molecule has 0 spiro atoms. The predicted octanol–water partition coefficient (Wildman–Crippen LogP) is 1.41. The molecule has 0 aromatic rings. The molecule has 0 aromatic carbocycles. The van der Waals surface area contributed by atoms with Gasteiger partial charge in [-0.2, -0.15) is 0 Å². The molecule has 0 fully saturated rings. The van der Waals surface area contributed by atoms with Gasteiger partial charge in [0.15, 0.2) is 0 Å². The Morgan fingerprint density at radius 3 is 2.06 bits per heavy atom. The standard InChI is InChI=1S/C13H28N2O2/c1-12(2,7-11(16)15-6)9-17-10-13(3,4)8-14-5/h14H,7-10H2,1-6H3,(H,15,16). The van der Waals surface area contributed by atoms with E-state index in [1.54, 1.807) is 7.05 Å². The van der Waals surface area contributed by atoms with Crippen LogP contribution in [0.25, 0.3) is 0 Å². The molecule has 0 aliphatic rings. The van der Waals surface area contributed by atoms with Crippen LogP contribution in [-0.2, 0) is 9.53 Å². The van der Waals surface area contributed by atoms with Crippen molar-refractivity contribution < 1.29 is 9.53 Å². The lowest BCUT2D eigenvalue weighted by Gasteiger charge is -2.28. The normalized spacial score (nSPS) is 12.6. The van der Waals surface area contributed by atoms with Gasteiger partial charge in [-0.15, -0.1) is 0 Å². The summed E-state index contributed by atoms with van der Waals surface area (Å²) in [5.41, 5.74) is 0.00760. The summed E-state index contributed by atoms with van der Waals surface area (Å²) in [6.07, 6.45) is 0.496. The number of carbonyl (C=O) groups is 1. The lowest BCUT2D eigenvalue weighted by atomic mass is 9.89. The molecule has 0 heterocycles. The lowest BCUT2D eigenvalue weighted by molar-refractivity contribution is -0.123. The van der Waals surface area contributed by atoms with Crippen LogP contribution in [0.4, 0.5) is 0 Å². The van der Waals surface area contributed by atoms with E-state index >= 15 is 0 Å². The molecular weight excluding hydrogens is 216 g/mol. The van der Waals surface area contributed by atoms with Crippen molar-refractivity contribution in [3.63, 3.8) is 0 Å². The zero-order chi connectivity index (χ0) is 13.5. The van der Waals surface area contributed by atoms with E-state index in [-0.39, 0.29) is 16.7 Å². The highest BCUT2D eigenvalue weighted by Gasteiger charge is 2.24. The summed E-state index contributed by atoms with van der Waals surface area (Å²) in [7, 11) is 3.60. The smallest absolute Gasteiger partial charge is 0.220 e. The first-order valence-corrected chi connectivity index (χ1v) is 6.15. The predicted molar refractivity (Wildman–Crippen MR) is 71.0 cm³/mol. The Hall–Kier alpha value is -0.610. The van der Waals surface area contributed by atoms with Gasteiger partial charge < -0.3 is 15.4 Å². The van der Waals surface area contributed by atoms with Gasteiger partial charge in [0, 0.05) is 25.4 Å². The monoisotopic (exact) mass is 244 g/mol. The van der Waals surface area contributed by atoms with Crippen molar-refractivity contribution in [1.82, 2.24) is 10.6 Å². The van der Waals surface area contributed by atoms with Crippen molar-refractivity contribution in [2.45, 2.75) is 34.1 Å². The van der Waals surface area contributed by atoms with Crippen molar-refractivity contribution in [3.8, 4) is 0 Å². The third-order valence-electron chi connectivity index (χ3n) is 2.56. The van der Waals surface area contributed by atoms with Crippen LogP contribution in [-0.4, -0.2) is 39.8 Å². The van der Waals surface area contributed by atoms with Gasteiger partial charge in [-0.3, -0.25) is 4.79 Å². The maximum atomic E-state index is 11.3. The van der Waals surface area contributed by atoms with E-state index in [4.69, 9.17) is 4.74 Å². The zero-order valence-corrected chi connectivity index (χ0v) is 12.1. The van der Waals surface area contributed by atoms with Crippen LogP contribution in [0.15, 0.2) is 0 Å². The molecule has 0 atom stereocenters. The van der Waals surface area contributed by atoms with E-state index in [1.807, 2.05) is 20.9 Å². The average molecular weight is 244 g/mol. The van der Waals surface area contributed by atoms with Gasteiger partial charge in [0.2, 0.25) is 5.91 Å². The molecule has 0 bridgehead atoms. The Labute approximate surface area is 105 Å². The van der Waals surface area contributed by atoms with E-state index in [2.05, 4.69) is 24.5 Å². The van der Waals surface area contributed by atoms with E-state index in [1.165, 1.54) is 0 Å². The van der Waals surface area contributed by atoms with Gasteiger partial charge in [-0.1, -0.05) is 27.7 Å². The molecule has 102 valence electrons. The molecular formula is C13H28N2O2. The minimum absolute atomic E-state index is 0.0630. The first-order chi connectivity index (χ1) is 7.72. The maximum Gasteiger partial charge on any atom is 0.220 e. The van der Waals surface area contributed by atoms with Gasteiger partial charge >= 0.3 is 0 Å². The molecule has 0 rings (SSSR count). The molecule has 0 saturated carbocycles. The highest BCUT2D eigenvalue weighted by Crippen LogP contribution is 2.22. The van der Waals surface area contributed by atoms with Crippen LogP contribution in [0.2, 0.25) is 0 Å².